The number of esters is 1. The molecule has 0 amide bonds. The summed E-state index contributed by atoms with van der Waals surface area (Å²) in [6.45, 7) is 17.0. The summed E-state index contributed by atoms with van der Waals surface area (Å²) >= 11 is 0. The molecule has 2 aromatic rings. The molecule has 0 bridgehead atoms. The average molecular weight is 1070 g/mol. The van der Waals surface area contributed by atoms with Gasteiger partial charge in [-0.15, -0.1) is 5.10 Å². The molecule has 21 heteroatoms. The van der Waals surface area contributed by atoms with E-state index in [0.717, 1.165) is 5.56 Å². The van der Waals surface area contributed by atoms with Gasteiger partial charge >= 0.3 is 5.97 Å². The summed E-state index contributed by atoms with van der Waals surface area (Å²) in [5.74, 6) is -2.91. The molecule has 5 rings (SSSR count). The standard InChI is InChI=1S/C54H92FN5O15/c1-15-42-54(10,68)47(64)34(6)59(12)27-30(2)24-52(8,67)49(32(4)45(33(5)50(66)73-42)74-43-25-53(9,70-14)48(65)35(7)72-43)75-51-44(63)40(22-31(3)71-51)58(11)21-20-38-28-60(57-56-38)41(26-55)46(69-13)37-18-16-36(17-19-37)23-39(62)29-61/h16-19,28,30-35,39-49,51,61-65,67-68H,15,20-27,29H2,1-14H3/t30-,31-,32+,33-,34-,35+,39?,40+,41-,42-,43+,44-,45+,46-,47-,48+,49-,51+,52-,53-,54-/m1/s1. The molecule has 0 radical (unpaired) electrons. The number of halogens is 1. The highest BCUT2D eigenvalue weighted by Gasteiger charge is 2.53. The van der Waals surface area contributed by atoms with Crippen LogP contribution in [0.4, 0.5) is 4.39 Å². The van der Waals surface area contributed by atoms with Crippen molar-refractivity contribution < 1.29 is 78.1 Å². The van der Waals surface area contributed by atoms with Gasteiger partial charge in [-0.1, -0.05) is 50.3 Å². The number of rotatable bonds is 18. The molecule has 0 spiro atoms. The summed E-state index contributed by atoms with van der Waals surface area (Å²) < 4.78 is 60.3. The predicted octanol–water partition coefficient (Wildman–Crippen LogP) is 2.90. The molecule has 4 heterocycles. The summed E-state index contributed by atoms with van der Waals surface area (Å²) in [5, 5.41) is 87.6. The van der Waals surface area contributed by atoms with Gasteiger partial charge in [0.25, 0.3) is 0 Å². The number of aliphatic hydroxyl groups is 7. The molecule has 0 saturated carbocycles. The summed E-state index contributed by atoms with van der Waals surface area (Å²) in [6, 6.07) is 5.26. The van der Waals surface area contributed by atoms with Gasteiger partial charge in [0.15, 0.2) is 12.6 Å². The van der Waals surface area contributed by atoms with Gasteiger partial charge in [-0.2, -0.15) is 0 Å². The van der Waals surface area contributed by atoms with E-state index < -0.39 is 133 Å². The number of hydrogen-bond donors (Lipinski definition) is 7. The van der Waals surface area contributed by atoms with E-state index in [1.807, 2.05) is 37.7 Å². The van der Waals surface area contributed by atoms with E-state index in [1.165, 1.54) is 25.8 Å². The first-order valence-electron chi connectivity index (χ1n) is 26.8. The molecule has 3 aliphatic heterocycles. The molecule has 3 saturated heterocycles. The molecule has 3 fully saturated rings. The van der Waals surface area contributed by atoms with Gasteiger partial charge in [0.05, 0.1) is 59.9 Å². The van der Waals surface area contributed by atoms with Crippen LogP contribution in [0, 0.1) is 17.8 Å². The first kappa shape index (κ1) is 63.0. The second-order valence-corrected chi connectivity index (χ2v) is 22.8. The van der Waals surface area contributed by atoms with Gasteiger partial charge in [0.2, 0.25) is 0 Å². The molecule has 0 aliphatic carbocycles. The topological polar surface area (TPSA) is 260 Å². The van der Waals surface area contributed by atoms with Crippen LogP contribution < -0.4 is 0 Å². The second kappa shape index (κ2) is 26.9. The lowest BCUT2D eigenvalue weighted by Crippen LogP contribution is -2.61. The highest BCUT2D eigenvalue weighted by atomic mass is 19.1. The van der Waals surface area contributed by atoms with E-state index in [4.69, 9.17) is 33.2 Å². The Labute approximate surface area is 443 Å². The average Bonchev–Trinajstić information content (AvgIpc) is 3.84. The third-order valence-electron chi connectivity index (χ3n) is 16.5. The Balaban J connectivity index is 1.43. The molecule has 20 nitrogen and oxygen atoms in total. The summed E-state index contributed by atoms with van der Waals surface area (Å²) in [4.78, 5) is 18.4. The molecule has 1 aromatic carbocycles. The Morgan fingerprint density at radius 2 is 1.64 bits per heavy atom. The van der Waals surface area contributed by atoms with Crippen LogP contribution in [0.2, 0.25) is 0 Å². The van der Waals surface area contributed by atoms with Crippen LogP contribution >= 0.6 is 0 Å². The molecular weight excluding hydrogens is 978 g/mol. The van der Waals surface area contributed by atoms with E-state index in [0.29, 0.717) is 37.2 Å². The minimum Gasteiger partial charge on any atom is -0.459 e. The minimum atomic E-state index is -1.86. The van der Waals surface area contributed by atoms with Gasteiger partial charge in [-0.25, -0.2) is 9.07 Å². The number of carbonyl (C=O) groups is 1. The minimum absolute atomic E-state index is 0.0761. The van der Waals surface area contributed by atoms with Crippen LogP contribution in [0.3, 0.4) is 0 Å². The van der Waals surface area contributed by atoms with Crippen molar-refractivity contribution >= 4 is 5.97 Å². The van der Waals surface area contributed by atoms with E-state index in [2.05, 4.69) is 10.3 Å². The van der Waals surface area contributed by atoms with Gasteiger partial charge in [-0.3, -0.25) is 4.79 Å². The van der Waals surface area contributed by atoms with Crippen molar-refractivity contribution in [3.8, 4) is 0 Å². The summed E-state index contributed by atoms with van der Waals surface area (Å²) in [5.41, 5.74) is -2.53. The maximum atomic E-state index is 14.8. The predicted molar refractivity (Wildman–Crippen MR) is 275 cm³/mol. The SMILES string of the molecule is CC[C@H]1OC(=O)[C@H](C)[C@@H](O[C@H]2C[C@@](C)(OC)[C@@H](O)[C@H](C)O2)[C@H](C)[C@@H](O[C@@H]2O[C@H](C)C[C@H](N(C)CCc3cn([C@H](CF)[C@H](OC)c4ccc(CC(O)CO)cc4)nn3)[C@H]2O)[C@](C)(O)C[C@@H](C)CN(C)[C@H](C)[C@@H](O)[C@]1(C)O. The van der Waals surface area contributed by atoms with Crippen molar-refractivity contribution in [2.75, 3.05) is 54.7 Å². The van der Waals surface area contributed by atoms with Crippen molar-refractivity contribution in [3.05, 3.63) is 47.3 Å². The fourth-order valence-corrected chi connectivity index (χ4v) is 11.7. The number of carbonyl (C=O) groups excluding carboxylic acids is 1. The van der Waals surface area contributed by atoms with Crippen molar-refractivity contribution in [2.45, 2.75) is 216 Å². The van der Waals surface area contributed by atoms with Crippen LogP contribution in [0.1, 0.15) is 124 Å². The van der Waals surface area contributed by atoms with Crippen LogP contribution in [0.15, 0.2) is 30.5 Å². The van der Waals surface area contributed by atoms with Gasteiger partial charge in [0.1, 0.15) is 48.8 Å². The molecule has 75 heavy (non-hydrogen) atoms. The number of alkyl halides is 1. The third-order valence-corrected chi connectivity index (χ3v) is 16.5. The number of aromatic nitrogens is 3. The highest BCUT2D eigenvalue weighted by Crippen LogP contribution is 2.41. The molecule has 1 aromatic heterocycles. The number of aliphatic hydroxyl groups excluding tert-OH is 5. The third kappa shape index (κ3) is 15.1. The van der Waals surface area contributed by atoms with Crippen molar-refractivity contribution in [2.24, 2.45) is 17.8 Å². The Morgan fingerprint density at radius 3 is 2.24 bits per heavy atom. The number of hydrogen-bond acceptors (Lipinski definition) is 19. The zero-order valence-corrected chi connectivity index (χ0v) is 46.9. The van der Waals surface area contributed by atoms with Crippen LogP contribution in [-0.4, -0.2) is 218 Å². The Hall–Kier alpha value is -2.84. The lowest BCUT2D eigenvalue weighted by Gasteiger charge is -2.49. The van der Waals surface area contributed by atoms with Crippen LogP contribution in [-0.2, 0) is 50.8 Å². The first-order chi connectivity index (χ1) is 35.2. The van der Waals surface area contributed by atoms with Crippen molar-refractivity contribution in [3.63, 3.8) is 0 Å². The number of cyclic esters (lactones) is 1. The first-order valence-corrected chi connectivity index (χ1v) is 26.8. The van der Waals surface area contributed by atoms with Crippen LogP contribution in [0.25, 0.3) is 0 Å². The Kier molecular flexibility index (Phi) is 22.6. The lowest BCUT2D eigenvalue weighted by atomic mass is 9.77. The summed E-state index contributed by atoms with van der Waals surface area (Å²) in [6.07, 6.45) is -8.86. The quantitative estimate of drug-likeness (QED) is 0.106. The fourth-order valence-electron chi connectivity index (χ4n) is 11.7. The number of ether oxygens (including phenoxy) is 7. The Bertz CT molecular complexity index is 2060. The van der Waals surface area contributed by atoms with Gasteiger partial charge in [-0.05, 0) is 98.9 Å². The summed E-state index contributed by atoms with van der Waals surface area (Å²) in [7, 11) is 6.67. The van der Waals surface area contributed by atoms with Gasteiger partial charge in [0, 0.05) is 70.8 Å². The zero-order valence-electron chi connectivity index (χ0n) is 46.9. The van der Waals surface area contributed by atoms with E-state index in [1.54, 1.807) is 78.9 Å². The van der Waals surface area contributed by atoms with Crippen molar-refractivity contribution in [1.82, 2.24) is 24.8 Å². The smallest absolute Gasteiger partial charge is 0.311 e. The van der Waals surface area contributed by atoms with Crippen LogP contribution in [0.5, 0.6) is 0 Å². The van der Waals surface area contributed by atoms with E-state index >= 15 is 0 Å². The van der Waals surface area contributed by atoms with E-state index in [9.17, 15) is 44.9 Å². The fraction of sp³-hybridized carbons (Fsp3) is 0.833. The molecule has 21 atom stereocenters. The maximum absolute atomic E-state index is 14.8. The molecule has 3 aliphatic rings. The monoisotopic (exact) mass is 1070 g/mol. The highest BCUT2D eigenvalue weighted by molar-refractivity contribution is 5.73. The van der Waals surface area contributed by atoms with Crippen molar-refractivity contribution in [1.29, 1.82) is 0 Å². The number of nitrogens with zero attached hydrogens (tertiary/aromatic N) is 5. The number of benzene rings is 1. The number of likely N-dealkylation sites (N-methyl/N-ethyl adjacent to an activating group) is 2. The molecule has 1 unspecified atom stereocenters. The Morgan fingerprint density at radius 1 is 0.973 bits per heavy atom. The lowest BCUT2D eigenvalue weighted by molar-refractivity contribution is -0.318. The van der Waals surface area contributed by atoms with E-state index in [-0.39, 0.29) is 38.2 Å². The maximum Gasteiger partial charge on any atom is 0.311 e. The normalized spacial score (nSPS) is 39.3. The molecular formula is C54H92FN5O15. The zero-order chi connectivity index (χ0) is 55.9. The molecule has 7 N–H and O–H groups in total. The largest absolute Gasteiger partial charge is 0.459 e. The second-order valence-electron chi connectivity index (χ2n) is 22.8. The number of methoxy groups -OCH3 is 2. The van der Waals surface area contributed by atoms with Gasteiger partial charge < -0.3 is 78.7 Å². The molecule has 430 valence electrons.